The van der Waals surface area contributed by atoms with Crippen LogP contribution in [-0.2, 0) is 10.0 Å². The quantitative estimate of drug-likeness (QED) is 0.661. The standard InChI is InChI=1S/C15H14BrCl2NO3S/c1-3-19(11-7-5-4-6-10(11)16)23(20,21)13-9-8-12(22-2)14(17)15(13)18/h4-9H,3H2,1-2H3. The summed E-state index contributed by atoms with van der Waals surface area (Å²) in [7, 11) is -2.44. The Hall–Kier alpha value is -0.950. The van der Waals surface area contributed by atoms with Crippen molar-refractivity contribution in [3.8, 4) is 5.75 Å². The van der Waals surface area contributed by atoms with Crippen LogP contribution in [0.15, 0.2) is 45.8 Å². The number of anilines is 1. The van der Waals surface area contributed by atoms with Gasteiger partial charge >= 0.3 is 0 Å². The Morgan fingerprint density at radius 1 is 1.13 bits per heavy atom. The number of nitrogens with zero attached hydrogens (tertiary/aromatic N) is 1. The zero-order valence-corrected chi connectivity index (χ0v) is 16.3. The Bertz CT molecular complexity index is 827. The minimum Gasteiger partial charge on any atom is -0.495 e. The van der Waals surface area contributed by atoms with Crippen molar-refractivity contribution in [3.63, 3.8) is 0 Å². The maximum atomic E-state index is 13.0. The molecule has 124 valence electrons. The molecule has 2 aromatic carbocycles. The van der Waals surface area contributed by atoms with E-state index < -0.39 is 10.0 Å². The molecular formula is C15H14BrCl2NO3S. The lowest BCUT2D eigenvalue weighted by Gasteiger charge is -2.24. The van der Waals surface area contributed by atoms with Gasteiger partial charge in [0.1, 0.15) is 15.7 Å². The van der Waals surface area contributed by atoms with Gasteiger partial charge in [0.15, 0.2) is 0 Å². The summed E-state index contributed by atoms with van der Waals surface area (Å²) < 4.78 is 33.0. The van der Waals surface area contributed by atoms with E-state index >= 15 is 0 Å². The summed E-state index contributed by atoms with van der Waals surface area (Å²) in [5.74, 6) is 0.319. The van der Waals surface area contributed by atoms with Crippen molar-refractivity contribution >= 4 is 54.8 Å². The molecule has 0 heterocycles. The van der Waals surface area contributed by atoms with Crippen molar-refractivity contribution in [2.45, 2.75) is 11.8 Å². The van der Waals surface area contributed by atoms with E-state index in [1.54, 1.807) is 25.1 Å². The number of ether oxygens (including phenoxy) is 1. The summed E-state index contributed by atoms with van der Waals surface area (Å²) in [6.45, 7) is 1.99. The lowest BCUT2D eigenvalue weighted by atomic mass is 10.3. The molecule has 2 aromatic rings. The molecule has 0 atom stereocenters. The third kappa shape index (κ3) is 3.45. The van der Waals surface area contributed by atoms with Gasteiger partial charge in [-0.05, 0) is 47.1 Å². The van der Waals surface area contributed by atoms with Crippen molar-refractivity contribution < 1.29 is 13.2 Å². The lowest BCUT2D eigenvalue weighted by Crippen LogP contribution is -2.31. The Morgan fingerprint density at radius 2 is 1.78 bits per heavy atom. The van der Waals surface area contributed by atoms with Crippen molar-refractivity contribution in [2.24, 2.45) is 0 Å². The Kier molecular flexibility index (Phi) is 5.84. The summed E-state index contributed by atoms with van der Waals surface area (Å²) in [5, 5.41) is 0.00921. The third-order valence-electron chi connectivity index (χ3n) is 3.21. The SMILES string of the molecule is CCN(c1ccccc1Br)S(=O)(=O)c1ccc(OC)c(Cl)c1Cl. The molecule has 0 saturated heterocycles. The zero-order chi connectivity index (χ0) is 17.2. The van der Waals surface area contributed by atoms with Crippen LogP contribution in [0.2, 0.25) is 10.0 Å². The second-order valence-corrected chi connectivity index (χ2v) is 7.96. The highest BCUT2D eigenvalue weighted by molar-refractivity contribution is 9.10. The number of para-hydroxylation sites is 1. The van der Waals surface area contributed by atoms with E-state index in [9.17, 15) is 8.42 Å². The fraction of sp³-hybridized carbons (Fsp3) is 0.200. The summed E-state index contributed by atoms with van der Waals surface area (Å²) in [6.07, 6.45) is 0. The van der Waals surface area contributed by atoms with E-state index in [2.05, 4.69) is 15.9 Å². The first-order valence-electron chi connectivity index (χ1n) is 6.63. The fourth-order valence-corrected chi connectivity index (χ4v) is 5.04. The predicted octanol–water partition coefficient (Wildman–Crippen LogP) is 4.98. The molecular weight excluding hydrogens is 425 g/mol. The minimum atomic E-state index is -3.87. The highest BCUT2D eigenvalue weighted by atomic mass is 79.9. The minimum absolute atomic E-state index is 0.0588. The van der Waals surface area contributed by atoms with Crippen LogP contribution in [0.3, 0.4) is 0 Å². The van der Waals surface area contributed by atoms with Crippen LogP contribution in [0.4, 0.5) is 5.69 Å². The normalized spacial score (nSPS) is 11.3. The molecule has 0 amide bonds. The first-order chi connectivity index (χ1) is 10.8. The largest absolute Gasteiger partial charge is 0.495 e. The van der Waals surface area contributed by atoms with Crippen molar-refractivity contribution in [2.75, 3.05) is 18.0 Å². The van der Waals surface area contributed by atoms with Crippen LogP contribution >= 0.6 is 39.1 Å². The van der Waals surface area contributed by atoms with Gasteiger partial charge in [-0.1, -0.05) is 35.3 Å². The third-order valence-corrected chi connectivity index (χ3v) is 6.79. The number of benzene rings is 2. The summed E-state index contributed by atoms with van der Waals surface area (Å²) >= 11 is 15.6. The monoisotopic (exact) mass is 437 g/mol. The smallest absolute Gasteiger partial charge is 0.265 e. The summed E-state index contributed by atoms with van der Waals surface area (Å²) in [5.41, 5.74) is 0.526. The van der Waals surface area contributed by atoms with E-state index in [1.807, 2.05) is 6.07 Å². The van der Waals surface area contributed by atoms with Crippen LogP contribution in [0, 0.1) is 0 Å². The van der Waals surface area contributed by atoms with Gasteiger partial charge in [-0.3, -0.25) is 4.31 Å². The molecule has 0 saturated carbocycles. The molecule has 2 rings (SSSR count). The van der Waals surface area contributed by atoms with Gasteiger partial charge in [0.2, 0.25) is 0 Å². The molecule has 8 heteroatoms. The molecule has 0 fully saturated rings. The van der Waals surface area contributed by atoms with E-state index in [0.29, 0.717) is 15.9 Å². The van der Waals surface area contributed by atoms with Gasteiger partial charge < -0.3 is 4.74 Å². The Morgan fingerprint density at radius 3 is 2.35 bits per heavy atom. The lowest BCUT2D eigenvalue weighted by molar-refractivity contribution is 0.414. The maximum absolute atomic E-state index is 13.0. The molecule has 0 N–H and O–H groups in total. The predicted molar refractivity (Wildman–Crippen MR) is 97.4 cm³/mol. The van der Waals surface area contributed by atoms with Gasteiger partial charge in [-0.25, -0.2) is 8.42 Å². The number of hydrogen-bond acceptors (Lipinski definition) is 3. The van der Waals surface area contributed by atoms with Gasteiger partial charge in [0.25, 0.3) is 10.0 Å². The van der Waals surface area contributed by atoms with Crippen LogP contribution in [-0.4, -0.2) is 22.1 Å². The van der Waals surface area contributed by atoms with Gasteiger partial charge in [0.05, 0.1) is 17.8 Å². The van der Waals surface area contributed by atoms with E-state index in [-0.39, 0.29) is 21.5 Å². The number of halogens is 3. The van der Waals surface area contributed by atoms with Crippen molar-refractivity contribution in [1.82, 2.24) is 0 Å². The molecule has 0 spiro atoms. The molecule has 0 aliphatic heterocycles. The van der Waals surface area contributed by atoms with Gasteiger partial charge in [-0.2, -0.15) is 0 Å². The zero-order valence-electron chi connectivity index (χ0n) is 12.4. The Balaban J connectivity index is 2.61. The topological polar surface area (TPSA) is 46.6 Å². The highest BCUT2D eigenvalue weighted by Crippen LogP contribution is 2.39. The van der Waals surface area contributed by atoms with Gasteiger partial charge in [0, 0.05) is 11.0 Å². The summed E-state index contributed by atoms with van der Waals surface area (Å²) in [4.78, 5) is -0.0671. The number of methoxy groups -OCH3 is 1. The maximum Gasteiger partial charge on any atom is 0.265 e. The number of hydrogen-bond donors (Lipinski definition) is 0. The molecule has 4 nitrogen and oxygen atoms in total. The first-order valence-corrected chi connectivity index (χ1v) is 9.62. The van der Waals surface area contributed by atoms with Crippen LogP contribution in [0.25, 0.3) is 0 Å². The van der Waals surface area contributed by atoms with Crippen molar-refractivity contribution in [1.29, 1.82) is 0 Å². The van der Waals surface area contributed by atoms with Crippen LogP contribution in [0.1, 0.15) is 6.92 Å². The summed E-state index contributed by atoms with van der Waals surface area (Å²) in [6, 6.07) is 9.93. The second-order valence-electron chi connectivity index (χ2n) is 4.52. The fourth-order valence-electron chi connectivity index (χ4n) is 2.11. The molecule has 0 radical (unpaired) electrons. The number of sulfonamides is 1. The average Bonchev–Trinajstić information content (AvgIpc) is 2.52. The van der Waals surface area contributed by atoms with Crippen LogP contribution < -0.4 is 9.04 Å². The molecule has 0 bridgehead atoms. The highest BCUT2D eigenvalue weighted by Gasteiger charge is 2.29. The van der Waals surface area contributed by atoms with Crippen LogP contribution in [0.5, 0.6) is 5.75 Å². The molecule has 0 aromatic heterocycles. The molecule has 0 unspecified atom stereocenters. The van der Waals surface area contributed by atoms with E-state index in [0.717, 1.165) is 0 Å². The van der Waals surface area contributed by atoms with E-state index in [1.165, 1.54) is 23.5 Å². The van der Waals surface area contributed by atoms with Gasteiger partial charge in [-0.15, -0.1) is 0 Å². The first kappa shape index (κ1) is 18.4. The number of rotatable bonds is 5. The Labute approximate surface area is 154 Å². The second kappa shape index (κ2) is 7.30. The molecule has 23 heavy (non-hydrogen) atoms. The molecule has 0 aliphatic rings. The van der Waals surface area contributed by atoms with Crippen molar-refractivity contribution in [3.05, 3.63) is 50.9 Å². The molecule has 0 aliphatic carbocycles. The average molecular weight is 439 g/mol. The van der Waals surface area contributed by atoms with E-state index in [4.69, 9.17) is 27.9 Å².